The summed E-state index contributed by atoms with van der Waals surface area (Å²) in [5, 5.41) is 4.52. The minimum absolute atomic E-state index is 0.572. The molecule has 0 amide bonds. The number of thiazole rings is 1. The summed E-state index contributed by atoms with van der Waals surface area (Å²) >= 11 is 1.89. The van der Waals surface area contributed by atoms with Gasteiger partial charge in [-0.25, -0.2) is 4.98 Å². The summed E-state index contributed by atoms with van der Waals surface area (Å²) in [5.74, 6) is 0.572. The van der Waals surface area contributed by atoms with Gasteiger partial charge in [-0.2, -0.15) is 0 Å². The second-order valence-corrected chi connectivity index (χ2v) is 6.25. The van der Waals surface area contributed by atoms with E-state index in [1.165, 1.54) is 54.5 Å². The molecule has 1 saturated heterocycles. The zero-order chi connectivity index (χ0) is 13.0. The maximum Gasteiger partial charge on any atom is 0.185 e. The molecule has 0 aliphatic carbocycles. The van der Waals surface area contributed by atoms with Crippen LogP contribution in [-0.4, -0.2) is 25.1 Å². The molecule has 0 bridgehead atoms. The second kappa shape index (κ2) is 6.53. The van der Waals surface area contributed by atoms with Crippen LogP contribution >= 0.6 is 11.3 Å². The van der Waals surface area contributed by atoms with Crippen LogP contribution in [0.3, 0.4) is 0 Å². The van der Waals surface area contributed by atoms with Gasteiger partial charge in [0.05, 0.1) is 5.69 Å². The topological polar surface area (TPSA) is 28.2 Å². The molecule has 0 spiro atoms. The van der Waals surface area contributed by atoms with Gasteiger partial charge in [0.2, 0.25) is 0 Å². The van der Waals surface area contributed by atoms with E-state index in [0.29, 0.717) is 5.92 Å². The predicted octanol–water partition coefficient (Wildman–Crippen LogP) is 3.37. The Kier molecular flexibility index (Phi) is 5.01. The van der Waals surface area contributed by atoms with Gasteiger partial charge in [0.25, 0.3) is 0 Å². The van der Waals surface area contributed by atoms with E-state index in [4.69, 9.17) is 4.98 Å². The van der Waals surface area contributed by atoms with Gasteiger partial charge in [0.1, 0.15) is 0 Å². The molecule has 1 atom stereocenters. The lowest BCUT2D eigenvalue weighted by Gasteiger charge is -2.25. The van der Waals surface area contributed by atoms with Crippen molar-refractivity contribution in [1.29, 1.82) is 0 Å². The fourth-order valence-corrected chi connectivity index (χ4v) is 3.68. The molecule has 4 heteroatoms. The minimum Gasteiger partial charge on any atom is -0.348 e. The SMILES string of the molecule is CCC(C)c1nc(N2CCCCC2)sc1CNC. The first kappa shape index (κ1) is 13.8. The van der Waals surface area contributed by atoms with Crippen molar-refractivity contribution < 1.29 is 0 Å². The van der Waals surface area contributed by atoms with Crippen LogP contribution in [0.1, 0.15) is 56.0 Å². The fraction of sp³-hybridized carbons (Fsp3) is 0.786. The molecule has 3 nitrogen and oxygen atoms in total. The summed E-state index contributed by atoms with van der Waals surface area (Å²) in [4.78, 5) is 8.82. The second-order valence-electron chi connectivity index (χ2n) is 5.19. The minimum atomic E-state index is 0.572. The molecule has 2 heterocycles. The number of piperidine rings is 1. The van der Waals surface area contributed by atoms with Crippen molar-refractivity contribution in [3.8, 4) is 0 Å². The molecule has 1 aromatic heterocycles. The third-order valence-corrected chi connectivity index (χ3v) is 4.89. The van der Waals surface area contributed by atoms with Crippen molar-refractivity contribution in [2.24, 2.45) is 0 Å². The van der Waals surface area contributed by atoms with Gasteiger partial charge in [0.15, 0.2) is 5.13 Å². The third-order valence-electron chi connectivity index (χ3n) is 3.76. The van der Waals surface area contributed by atoms with Gasteiger partial charge in [-0.3, -0.25) is 0 Å². The van der Waals surface area contributed by atoms with Crippen LogP contribution in [0.25, 0.3) is 0 Å². The molecular formula is C14H25N3S. The molecule has 0 aromatic carbocycles. The fourth-order valence-electron chi connectivity index (χ4n) is 2.44. The molecular weight excluding hydrogens is 242 g/mol. The quantitative estimate of drug-likeness (QED) is 0.886. The highest BCUT2D eigenvalue weighted by molar-refractivity contribution is 7.15. The maximum absolute atomic E-state index is 4.93. The average molecular weight is 267 g/mol. The van der Waals surface area contributed by atoms with E-state index in [1.807, 2.05) is 18.4 Å². The first-order valence-electron chi connectivity index (χ1n) is 7.15. The van der Waals surface area contributed by atoms with Gasteiger partial charge < -0.3 is 10.2 Å². The Morgan fingerprint density at radius 2 is 2.06 bits per heavy atom. The Balaban J connectivity index is 2.20. The molecule has 1 fully saturated rings. The van der Waals surface area contributed by atoms with Crippen molar-refractivity contribution in [3.05, 3.63) is 10.6 Å². The summed E-state index contributed by atoms with van der Waals surface area (Å²) in [5.41, 5.74) is 1.32. The number of anilines is 1. The first-order chi connectivity index (χ1) is 8.76. The van der Waals surface area contributed by atoms with Crippen LogP contribution in [0.5, 0.6) is 0 Å². The highest BCUT2D eigenvalue weighted by Crippen LogP contribution is 2.33. The highest BCUT2D eigenvalue weighted by atomic mass is 32.1. The normalized spacial score (nSPS) is 18.1. The zero-order valence-electron chi connectivity index (χ0n) is 11.8. The number of rotatable bonds is 5. The van der Waals surface area contributed by atoms with Crippen molar-refractivity contribution in [3.63, 3.8) is 0 Å². The summed E-state index contributed by atoms with van der Waals surface area (Å²) in [6.45, 7) is 7.85. The van der Waals surface area contributed by atoms with Crippen LogP contribution in [0.4, 0.5) is 5.13 Å². The van der Waals surface area contributed by atoms with Crippen LogP contribution in [0.2, 0.25) is 0 Å². The molecule has 1 aliphatic rings. The molecule has 18 heavy (non-hydrogen) atoms. The molecule has 1 N–H and O–H groups in total. The first-order valence-corrected chi connectivity index (χ1v) is 7.97. The average Bonchev–Trinajstić information content (AvgIpc) is 2.83. The maximum atomic E-state index is 4.93. The van der Waals surface area contributed by atoms with E-state index in [0.717, 1.165) is 6.54 Å². The van der Waals surface area contributed by atoms with Crippen molar-refractivity contribution in [1.82, 2.24) is 10.3 Å². The number of aromatic nitrogens is 1. The van der Waals surface area contributed by atoms with Crippen molar-refractivity contribution >= 4 is 16.5 Å². The Bertz CT molecular complexity index is 369. The molecule has 102 valence electrons. The molecule has 1 aliphatic heterocycles. The van der Waals surface area contributed by atoms with E-state index >= 15 is 0 Å². The Morgan fingerprint density at radius 1 is 1.33 bits per heavy atom. The molecule has 1 aromatic rings. The van der Waals surface area contributed by atoms with Crippen molar-refractivity contribution in [2.45, 2.75) is 52.0 Å². The predicted molar refractivity (Wildman–Crippen MR) is 79.6 cm³/mol. The smallest absolute Gasteiger partial charge is 0.185 e. The summed E-state index contributed by atoms with van der Waals surface area (Å²) < 4.78 is 0. The number of nitrogens with one attached hydrogen (secondary N) is 1. The standard InChI is InChI=1S/C14H25N3S/c1-4-11(2)13-12(10-15-3)18-14(16-13)17-8-6-5-7-9-17/h11,15H,4-10H2,1-3H3. The Hall–Kier alpha value is -0.610. The zero-order valence-corrected chi connectivity index (χ0v) is 12.6. The Morgan fingerprint density at radius 3 is 2.67 bits per heavy atom. The van der Waals surface area contributed by atoms with Crippen LogP contribution in [0, 0.1) is 0 Å². The summed E-state index contributed by atoms with van der Waals surface area (Å²) in [6, 6.07) is 0. The van der Waals surface area contributed by atoms with Gasteiger partial charge in [-0.05, 0) is 38.6 Å². The van der Waals surface area contributed by atoms with E-state index in [9.17, 15) is 0 Å². The molecule has 1 unspecified atom stereocenters. The van der Waals surface area contributed by atoms with Gasteiger partial charge in [-0.1, -0.05) is 13.8 Å². The van der Waals surface area contributed by atoms with E-state index in [-0.39, 0.29) is 0 Å². The summed E-state index contributed by atoms with van der Waals surface area (Å²) in [7, 11) is 2.01. The summed E-state index contributed by atoms with van der Waals surface area (Å²) in [6.07, 6.45) is 5.18. The van der Waals surface area contributed by atoms with Crippen molar-refractivity contribution in [2.75, 3.05) is 25.0 Å². The van der Waals surface area contributed by atoms with E-state index in [1.54, 1.807) is 0 Å². The lowest BCUT2D eigenvalue weighted by molar-refractivity contribution is 0.575. The molecule has 2 rings (SSSR count). The van der Waals surface area contributed by atoms with Gasteiger partial charge in [0, 0.05) is 24.5 Å². The molecule has 0 saturated carbocycles. The van der Waals surface area contributed by atoms with Gasteiger partial charge in [-0.15, -0.1) is 11.3 Å². The lowest BCUT2D eigenvalue weighted by Crippen LogP contribution is -2.29. The highest BCUT2D eigenvalue weighted by Gasteiger charge is 2.20. The Labute approximate surface area is 115 Å². The van der Waals surface area contributed by atoms with E-state index in [2.05, 4.69) is 24.1 Å². The third kappa shape index (κ3) is 3.04. The number of hydrogen-bond donors (Lipinski definition) is 1. The number of hydrogen-bond acceptors (Lipinski definition) is 4. The monoisotopic (exact) mass is 267 g/mol. The lowest BCUT2D eigenvalue weighted by atomic mass is 10.0. The van der Waals surface area contributed by atoms with Crippen LogP contribution in [0.15, 0.2) is 0 Å². The largest absolute Gasteiger partial charge is 0.348 e. The van der Waals surface area contributed by atoms with Gasteiger partial charge >= 0.3 is 0 Å². The van der Waals surface area contributed by atoms with E-state index < -0.39 is 0 Å². The number of nitrogens with zero attached hydrogens (tertiary/aromatic N) is 2. The van der Waals surface area contributed by atoms with Crippen LogP contribution in [-0.2, 0) is 6.54 Å². The molecule has 0 radical (unpaired) electrons. The van der Waals surface area contributed by atoms with Crippen LogP contribution < -0.4 is 10.2 Å².